The van der Waals surface area contributed by atoms with Crippen LogP contribution in [-0.4, -0.2) is 17.4 Å². The highest BCUT2D eigenvalue weighted by atomic mass is 79.9. The van der Waals surface area contributed by atoms with Crippen molar-refractivity contribution in [2.75, 3.05) is 5.73 Å². The van der Waals surface area contributed by atoms with Crippen molar-refractivity contribution in [3.05, 3.63) is 27.7 Å². The van der Waals surface area contributed by atoms with E-state index in [4.69, 9.17) is 11.5 Å². The summed E-state index contributed by atoms with van der Waals surface area (Å²) < 4.78 is 0.730. The number of halogens is 1. The summed E-state index contributed by atoms with van der Waals surface area (Å²) in [5.41, 5.74) is 12.0. The summed E-state index contributed by atoms with van der Waals surface area (Å²) in [6.45, 7) is 5.26. The zero-order valence-corrected chi connectivity index (χ0v) is 12.8. The van der Waals surface area contributed by atoms with E-state index in [2.05, 4.69) is 21.2 Å². The van der Waals surface area contributed by atoms with E-state index in [9.17, 15) is 9.59 Å². The fourth-order valence-corrected chi connectivity index (χ4v) is 2.27. The summed E-state index contributed by atoms with van der Waals surface area (Å²) in [4.78, 5) is 23.2. The van der Waals surface area contributed by atoms with Gasteiger partial charge in [0, 0.05) is 27.7 Å². The van der Waals surface area contributed by atoms with Gasteiger partial charge in [0.1, 0.15) is 0 Å². The van der Waals surface area contributed by atoms with Gasteiger partial charge in [0.2, 0.25) is 5.91 Å². The minimum absolute atomic E-state index is 0.0707. The number of nitrogens with two attached hydrogens (primary N) is 2. The molecule has 104 valence electrons. The van der Waals surface area contributed by atoms with Crippen molar-refractivity contribution in [1.82, 2.24) is 5.32 Å². The number of carbonyl (C=O) groups excluding carboxylic acids is 2. The maximum atomic E-state index is 12.2. The zero-order chi connectivity index (χ0) is 14.8. The zero-order valence-electron chi connectivity index (χ0n) is 11.2. The first-order chi connectivity index (χ1) is 8.62. The largest absolute Gasteiger partial charge is 0.398 e. The van der Waals surface area contributed by atoms with Crippen molar-refractivity contribution in [2.24, 2.45) is 5.73 Å². The molecule has 0 fully saturated rings. The molecule has 0 radical (unpaired) electrons. The summed E-state index contributed by atoms with van der Waals surface area (Å²) in [6.07, 6.45) is 0.0707. The molecular weight excluding hydrogens is 310 g/mol. The maximum Gasteiger partial charge on any atom is 0.252 e. The summed E-state index contributed by atoms with van der Waals surface area (Å²) in [6, 6.07) is 3.43. The van der Waals surface area contributed by atoms with E-state index in [0.717, 1.165) is 4.47 Å². The fourth-order valence-electron chi connectivity index (χ4n) is 1.79. The van der Waals surface area contributed by atoms with Crippen LogP contribution < -0.4 is 16.8 Å². The highest BCUT2D eigenvalue weighted by Gasteiger charge is 2.24. The molecule has 0 unspecified atom stereocenters. The summed E-state index contributed by atoms with van der Waals surface area (Å²) in [7, 11) is 0. The quantitative estimate of drug-likeness (QED) is 0.734. The van der Waals surface area contributed by atoms with Crippen molar-refractivity contribution in [2.45, 2.75) is 32.7 Å². The molecule has 0 aromatic heterocycles. The van der Waals surface area contributed by atoms with Crippen LogP contribution in [0.25, 0.3) is 0 Å². The topological polar surface area (TPSA) is 98.2 Å². The molecule has 19 heavy (non-hydrogen) atoms. The highest BCUT2D eigenvalue weighted by Crippen LogP contribution is 2.23. The Morgan fingerprint density at radius 1 is 1.37 bits per heavy atom. The lowest BCUT2D eigenvalue weighted by molar-refractivity contribution is -0.119. The average molecular weight is 328 g/mol. The molecule has 0 atom stereocenters. The molecule has 5 N–H and O–H groups in total. The molecule has 0 bridgehead atoms. The fraction of sp³-hybridized carbons (Fsp3) is 0.385. The molecule has 0 saturated heterocycles. The summed E-state index contributed by atoms with van der Waals surface area (Å²) in [5.74, 6) is -0.743. The number of nitrogens with one attached hydrogen (secondary N) is 1. The Bertz CT molecular complexity index is 527. The van der Waals surface area contributed by atoms with Crippen LogP contribution in [0.3, 0.4) is 0 Å². The molecule has 2 amide bonds. The van der Waals surface area contributed by atoms with Crippen molar-refractivity contribution in [3.63, 3.8) is 0 Å². The van der Waals surface area contributed by atoms with E-state index in [1.165, 1.54) is 0 Å². The van der Waals surface area contributed by atoms with E-state index in [0.29, 0.717) is 16.8 Å². The molecular formula is C13H18BrN3O2. The van der Waals surface area contributed by atoms with Crippen LogP contribution in [0, 0.1) is 6.92 Å². The number of hydrogen-bond acceptors (Lipinski definition) is 3. The lowest BCUT2D eigenvalue weighted by atomic mass is 9.98. The summed E-state index contributed by atoms with van der Waals surface area (Å²) in [5, 5.41) is 2.78. The Morgan fingerprint density at radius 3 is 2.47 bits per heavy atom. The van der Waals surface area contributed by atoms with Crippen molar-refractivity contribution >= 4 is 33.4 Å². The second kappa shape index (κ2) is 5.61. The molecule has 0 spiro atoms. The molecule has 5 nitrogen and oxygen atoms in total. The van der Waals surface area contributed by atoms with Gasteiger partial charge in [-0.25, -0.2) is 0 Å². The number of benzene rings is 1. The first kappa shape index (κ1) is 15.5. The number of primary amides is 1. The van der Waals surface area contributed by atoms with Crippen LogP contribution in [0.5, 0.6) is 0 Å². The highest BCUT2D eigenvalue weighted by molar-refractivity contribution is 9.10. The Morgan fingerprint density at radius 2 is 1.95 bits per heavy atom. The van der Waals surface area contributed by atoms with E-state index < -0.39 is 11.4 Å². The van der Waals surface area contributed by atoms with Crippen molar-refractivity contribution in [1.29, 1.82) is 0 Å². The molecule has 1 aromatic rings. The van der Waals surface area contributed by atoms with Gasteiger partial charge in [0.25, 0.3) is 5.91 Å². The third kappa shape index (κ3) is 4.24. The molecule has 6 heteroatoms. The lowest BCUT2D eigenvalue weighted by Gasteiger charge is -2.25. The van der Waals surface area contributed by atoms with Crippen LogP contribution >= 0.6 is 15.9 Å². The van der Waals surface area contributed by atoms with Gasteiger partial charge in [-0.05, 0) is 38.5 Å². The van der Waals surface area contributed by atoms with Crippen LogP contribution in [0.1, 0.15) is 36.2 Å². The summed E-state index contributed by atoms with van der Waals surface area (Å²) >= 11 is 3.30. The molecule has 1 rings (SSSR count). The Kier molecular flexibility index (Phi) is 4.57. The van der Waals surface area contributed by atoms with Gasteiger partial charge in [-0.2, -0.15) is 0 Å². The molecule has 0 aliphatic heterocycles. The molecule has 0 saturated carbocycles. The molecule has 0 aliphatic rings. The standard InChI is InChI=1S/C13H18BrN3O2/c1-7-9(4-8(14)5-10(7)15)12(19)17-13(2,3)6-11(16)18/h4-5H,6,15H2,1-3H3,(H2,16,18)(H,17,19). The number of nitrogen functional groups attached to an aromatic ring is 1. The van der Waals surface area contributed by atoms with Crippen LogP contribution in [-0.2, 0) is 4.79 Å². The third-order valence-electron chi connectivity index (χ3n) is 2.73. The van der Waals surface area contributed by atoms with Gasteiger partial charge in [-0.3, -0.25) is 9.59 Å². The molecule has 1 aromatic carbocycles. The second-order valence-electron chi connectivity index (χ2n) is 5.15. The van der Waals surface area contributed by atoms with Crippen LogP contribution in [0.4, 0.5) is 5.69 Å². The number of hydrogen-bond donors (Lipinski definition) is 3. The first-order valence-electron chi connectivity index (χ1n) is 5.79. The third-order valence-corrected chi connectivity index (χ3v) is 3.18. The predicted octanol–water partition coefficient (Wildman–Crippen LogP) is 1.72. The van der Waals surface area contributed by atoms with Gasteiger partial charge < -0.3 is 16.8 Å². The van der Waals surface area contributed by atoms with Gasteiger partial charge in [0.05, 0.1) is 0 Å². The number of carbonyl (C=O) groups is 2. The lowest BCUT2D eigenvalue weighted by Crippen LogP contribution is -2.46. The number of anilines is 1. The smallest absolute Gasteiger partial charge is 0.252 e. The van der Waals surface area contributed by atoms with Crippen LogP contribution in [0.2, 0.25) is 0 Å². The Hall–Kier alpha value is -1.56. The van der Waals surface area contributed by atoms with E-state index in [1.54, 1.807) is 32.9 Å². The van der Waals surface area contributed by atoms with Gasteiger partial charge in [-0.15, -0.1) is 0 Å². The second-order valence-corrected chi connectivity index (χ2v) is 6.06. The van der Waals surface area contributed by atoms with Gasteiger partial charge in [-0.1, -0.05) is 15.9 Å². The normalized spacial score (nSPS) is 11.2. The molecule has 0 heterocycles. The average Bonchev–Trinajstić information content (AvgIpc) is 2.20. The van der Waals surface area contributed by atoms with Gasteiger partial charge >= 0.3 is 0 Å². The number of amides is 2. The maximum absolute atomic E-state index is 12.2. The number of rotatable bonds is 4. The van der Waals surface area contributed by atoms with Gasteiger partial charge in [0.15, 0.2) is 0 Å². The minimum atomic E-state index is -0.702. The predicted molar refractivity (Wildman–Crippen MR) is 78.6 cm³/mol. The first-order valence-corrected chi connectivity index (χ1v) is 6.58. The Labute approximate surface area is 120 Å². The van der Waals surface area contributed by atoms with Crippen LogP contribution in [0.15, 0.2) is 16.6 Å². The molecule has 0 aliphatic carbocycles. The Balaban J connectivity index is 2.99. The van der Waals surface area contributed by atoms with Crippen molar-refractivity contribution in [3.8, 4) is 0 Å². The van der Waals surface area contributed by atoms with E-state index >= 15 is 0 Å². The van der Waals surface area contributed by atoms with Crippen molar-refractivity contribution < 1.29 is 9.59 Å². The van der Waals surface area contributed by atoms with E-state index in [-0.39, 0.29) is 12.3 Å². The van der Waals surface area contributed by atoms with E-state index in [1.807, 2.05) is 0 Å². The monoisotopic (exact) mass is 327 g/mol. The SMILES string of the molecule is Cc1c(N)cc(Br)cc1C(=O)NC(C)(C)CC(N)=O. The minimum Gasteiger partial charge on any atom is -0.398 e.